The minimum Gasteiger partial charge on any atom is -0.311 e. The first-order valence-electron chi connectivity index (χ1n) is 9.25. The lowest BCUT2D eigenvalue weighted by Gasteiger charge is -2.26. The fraction of sp³-hybridized carbons (Fsp3) is 0.364. The van der Waals surface area contributed by atoms with Crippen molar-refractivity contribution in [1.82, 2.24) is 0 Å². The van der Waals surface area contributed by atoms with E-state index in [2.05, 4.69) is 13.0 Å². The summed E-state index contributed by atoms with van der Waals surface area (Å²) in [6.45, 7) is 6.63. The van der Waals surface area contributed by atoms with Crippen molar-refractivity contribution in [2.24, 2.45) is 5.92 Å². The summed E-state index contributed by atoms with van der Waals surface area (Å²) in [5.41, 5.74) is 5.41. The number of fused-ring (bicyclic) bond motifs is 1. The number of rotatable bonds is 2. The van der Waals surface area contributed by atoms with Crippen LogP contribution in [0.25, 0.3) is 0 Å². The van der Waals surface area contributed by atoms with Crippen LogP contribution in [0, 0.1) is 19.8 Å². The highest BCUT2D eigenvalue weighted by Gasteiger charge is 2.41. The lowest BCUT2D eigenvalue weighted by molar-refractivity contribution is -0.124. The van der Waals surface area contributed by atoms with Gasteiger partial charge >= 0.3 is 0 Å². The molecule has 2 aromatic carbocycles. The molecule has 2 amide bonds. The van der Waals surface area contributed by atoms with Crippen LogP contribution in [-0.4, -0.2) is 24.4 Å². The van der Waals surface area contributed by atoms with Gasteiger partial charge in [-0.2, -0.15) is 0 Å². The van der Waals surface area contributed by atoms with Crippen molar-refractivity contribution in [3.8, 4) is 0 Å². The molecule has 0 bridgehead atoms. The maximum Gasteiger partial charge on any atom is 0.232 e. The number of anilines is 2. The third-order valence-electron chi connectivity index (χ3n) is 5.79. The van der Waals surface area contributed by atoms with Gasteiger partial charge < -0.3 is 9.80 Å². The zero-order chi connectivity index (χ0) is 18.4. The van der Waals surface area contributed by atoms with E-state index in [1.807, 2.05) is 55.1 Å². The van der Waals surface area contributed by atoms with Crippen molar-refractivity contribution >= 4 is 23.2 Å². The first-order valence-corrected chi connectivity index (χ1v) is 9.25. The van der Waals surface area contributed by atoms with Crippen molar-refractivity contribution < 1.29 is 9.59 Å². The van der Waals surface area contributed by atoms with Gasteiger partial charge in [0.25, 0.3) is 0 Å². The fourth-order valence-electron chi connectivity index (χ4n) is 4.23. The quantitative estimate of drug-likeness (QED) is 0.831. The van der Waals surface area contributed by atoms with E-state index >= 15 is 0 Å². The Hall–Kier alpha value is -2.62. The Labute approximate surface area is 154 Å². The average molecular weight is 348 g/mol. The number of amides is 2. The molecule has 0 saturated carbocycles. The molecule has 0 N–H and O–H groups in total. The molecule has 2 aliphatic heterocycles. The second-order valence-electron chi connectivity index (χ2n) is 7.51. The summed E-state index contributed by atoms with van der Waals surface area (Å²) in [7, 11) is 0. The number of hydrogen-bond acceptors (Lipinski definition) is 2. The molecule has 26 heavy (non-hydrogen) atoms. The summed E-state index contributed by atoms with van der Waals surface area (Å²) >= 11 is 0. The predicted octanol–water partition coefficient (Wildman–Crippen LogP) is 3.63. The van der Waals surface area contributed by atoms with Crippen LogP contribution >= 0.6 is 0 Å². The average Bonchev–Trinajstić information content (AvgIpc) is 3.16. The highest BCUT2D eigenvalue weighted by Crippen LogP contribution is 2.36. The second kappa shape index (κ2) is 6.27. The van der Waals surface area contributed by atoms with E-state index < -0.39 is 0 Å². The van der Waals surface area contributed by atoms with E-state index in [1.54, 1.807) is 4.90 Å². The van der Waals surface area contributed by atoms with E-state index in [0.29, 0.717) is 6.54 Å². The van der Waals surface area contributed by atoms with E-state index in [-0.39, 0.29) is 30.2 Å². The highest BCUT2D eigenvalue weighted by molar-refractivity contribution is 6.05. The molecule has 2 aliphatic rings. The highest BCUT2D eigenvalue weighted by atomic mass is 16.2. The molecule has 4 rings (SSSR count). The predicted molar refractivity (Wildman–Crippen MR) is 103 cm³/mol. The van der Waals surface area contributed by atoms with Gasteiger partial charge in [0, 0.05) is 30.4 Å². The molecule has 134 valence electrons. The molecule has 1 fully saturated rings. The molecule has 0 aromatic heterocycles. The van der Waals surface area contributed by atoms with Crippen molar-refractivity contribution in [2.45, 2.75) is 39.7 Å². The molecule has 4 heteroatoms. The van der Waals surface area contributed by atoms with Gasteiger partial charge in [0.15, 0.2) is 0 Å². The lowest BCUT2D eigenvalue weighted by atomic mass is 10.1. The fourth-order valence-corrected chi connectivity index (χ4v) is 4.23. The second-order valence-corrected chi connectivity index (χ2v) is 7.51. The lowest BCUT2D eigenvalue weighted by Crippen LogP contribution is -2.41. The summed E-state index contributed by atoms with van der Waals surface area (Å²) in [6.07, 6.45) is 1.17. The SMILES string of the molecule is Cc1cccc(N2CC(C(=O)N3c4ccccc4CC3C)CC2=O)c1C. The Bertz CT molecular complexity index is 889. The summed E-state index contributed by atoms with van der Waals surface area (Å²) in [4.78, 5) is 29.6. The Balaban J connectivity index is 1.59. The van der Waals surface area contributed by atoms with E-state index in [9.17, 15) is 9.59 Å². The van der Waals surface area contributed by atoms with Crippen LogP contribution in [0.5, 0.6) is 0 Å². The Morgan fingerprint density at radius 1 is 1.00 bits per heavy atom. The topological polar surface area (TPSA) is 40.6 Å². The van der Waals surface area contributed by atoms with Gasteiger partial charge in [0.05, 0.1) is 5.92 Å². The summed E-state index contributed by atoms with van der Waals surface area (Å²) in [5.74, 6) is -0.170. The van der Waals surface area contributed by atoms with Gasteiger partial charge in [-0.1, -0.05) is 30.3 Å². The van der Waals surface area contributed by atoms with E-state index in [0.717, 1.165) is 28.9 Å². The number of para-hydroxylation sites is 1. The number of benzene rings is 2. The largest absolute Gasteiger partial charge is 0.311 e. The van der Waals surface area contributed by atoms with Gasteiger partial charge in [-0.3, -0.25) is 9.59 Å². The normalized spacial score (nSPS) is 22.0. The summed E-state index contributed by atoms with van der Waals surface area (Å²) in [5, 5.41) is 0. The van der Waals surface area contributed by atoms with Crippen molar-refractivity contribution in [3.63, 3.8) is 0 Å². The minimum atomic E-state index is -0.281. The molecular formula is C22H24N2O2. The zero-order valence-electron chi connectivity index (χ0n) is 15.5. The molecule has 2 atom stereocenters. The van der Waals surface area contributed by atoms with Gasteiger partial charge in [-0.15, -0.1) is 0 Å². The van der Waals surface area contributed by atoms with Gasteiger partial charge in [-0.05, 0) is 56.0 Å². The number of carbonyl (C=O) groups is 2. The Kier molecular flexibility index (Phi) is 4.06. The van der Waals surface area contributed by atoms with Crippen LogP contribution in [0.1, 0.15) is 30.0 Å². The van der Waals surface area contributed by atoms with Crippen LogP contribution in [0.3, 0.4) is 0 Å². The van der Waals surface area contributed by atoms with Crippen LogP contribution in [-0.2, 0) is 16.0 Å². The first kappa shape index (κ1) is 16.8. The molecule has 2 aromatic rings. The van der Waals surface area contributed by atoms with Gasteiger partial charge in [-0.25, -0.2) is 0 Å². The van der Waals surface area contributed by atoms with E-state index in [1.165, 1.54) is 5.56 Å². The molecule has 1 saturated heterocycles. The van der Waals surface area contributed by atoms with E-state index in [4.69, 9.17) is 0 Å². The third kappa shape index (κ3) is 2.61. The Morgan fingerprint density at radius 3 is 2.54 bits per heavy atom. The van der Waals surface area contributed by atoms with Crippen LogP contribution < -0.4 is 9.80 Å². The molecule has 2 unspecified atom stereocenters. The van der Waals surface area contributed by atoms with Crippen LogP contribution in [0.4, 0.5) is 11.4 Å². The maximum atomic E-state index is 13.2. The smallest absolute Gasteiger partial charge is 0.232 e. The number of hydrogen-bond donors (Lipinski definition) is 0. The molecule has 2 heterocycles. The molecule has 4 nitrogen and oxygen atoms in total. The van der Waals surface area contributed by atoms with Crippen molar-refractivity contribution in [3.05, 3.63) is 59.2 Å². The standard InChI is InChI=1S/C22H24N2O2/c1-14-7-6-10-19(16(14)3)23-13-18(12-21(23)25)22(26)24-15(2)11-17-8-4-5-9-20(17)24/h4-10,15,18H,11-13H2,1-3H3. The van der Waals surface area contributed by atoms with Crippen molar-refractivity contribution in [2.75, 3.05) is 16.3 Å². The maximum absolute atomic E-state index is 13.2. The molecule has 0 radical (unpaired) electrons. The van der Waals surface area contributed by atoms with Crippen LogP contribution in [0.15, 0.2) is 42.5 Å². The van der Waals surface area contributed by atoms with Gasteiger partial charge in [0.2, 0.25) is 11.8 Å². The number of carbonyl (C=O) groups excluding carboxylic acids is 2. The first-order chi connectivity index (χ1) is 12.5. The number of aryl methyl sites for hydroxylation is 1. The molecule has 0 aliphatic carbocycles. The molecule has 0 spiro atoms. The Morgan fingerprint density at radius 2 is 1.73 bits per heavy atom. The van der Waals surface area contributed by atoms with Gasteiger partial charge in [0.1, 0.15) is 0 Å². The minimum absolute atomic E-state index is 0.0391. The third-order valence-corrected chi connectivity index (χ3v) is 5.79. The monoisotopic (exact) mass is 348 g/mol. The van der Waals surface area contributed by atoms with Crippen molar-refractivity contribution in [1.29, 1.82) is 0 Å². The summed E-state index contributed by atoms with van der Waals surface area (Å²) < 4.78 is 0. The van der Waals surface area contributed by atoms with Crippen LogP contribution in [0.2, 0.25) is 0 Å². The number of nitrogens with zero attached hydrogens (tertiary/aromatic N) is 2. The molecular weight excluding hydrogens is 324 g/mol. The summed E-state index contributed by atoms with van der Waals surface area (Å²) in [6, 6.07) is 14.2. The zero-order valence-corrected chi connectivity index (χ0v) is 15.5.